The molecule has 0 unspecified atom stereocenters. The molecular weight excluding hydrogens is 526 g/mol. The molecule has 2 aliphatic heterocycles. The Morgan fingerprint density at radius 3 is 2.67 bits per heavy atom. The van der Waals surface area contributed by atoms with Crippen molar-refractivity contribution in [1.82, 2.24) is 30.0 Å². The molecule has 0 bridgehead atoms. The Morgan fingerprint density at radius 2 is 1.90 bits per heavy atom. The van der Waals surface area contributed by atoms with Crippen LogP contribution < -0.4 is 16.0 Å². The molecule has 2 aromatic heterocycles. The summed E-state index contributed by atoms with van der Waals surface area (Å²) in [5.41, 5.74) is 7.37. The Hall–Kier alpha value is -4.75. The number of hydrogen-bond donors (Lipinski definition) is 3. The predicted molar refractivity (Wildman–Crippen MR) is 164 cm³/mol. The average Bonchev–Trinajstić information content (AvgIpc) is 3.31. The van der Waals surface area contributed by atoms with Crippen LogP contribution in [0, 0.1) is 31.1 Å². The van der Waals surface area contributed by atoms with E-state index in [4.69, 9.17) is 4.98 Å². The number of amides is 1. The highest BCUT2D eigenvalue weighted by Crippen LogP contribution is 2.30. The summed E-state index contributed by atoms with van der Waals surface area (Å²) in [4.78, 5) is 24.4. The van der Waals surface area contributed by atoms with E-state index in [1.807, 2.05) is 31.3 Å². The van der Waals surface area contributed by atoms with E-state index in [1.54, 1.807) is 15.8 Å². The van der Waals surface area contributed by atoms with Gasteiger partial charge in [0.2, 0.25) is 5.95 Å². The summed E-state index contributed by atoms with van der Waals surface area (Å²) in [6, 6.07) is 14.5. The Labute approximate surface area is 245 Å². The molecule has 1 fully saturated rings. The summed E-state index contributed by atoms with van der Waals surface area (Å²) in [7, 11) is 1.87. The van der Waals surface area contributed by atoms with E-state index in [2.05, 4.69) is 64.1 Å². The first-order valence-corrected chi connectivity index (χ1v) is 14.4. The van der Waals surface area contributed by atoms with Gasteiger partial charge in [0.25, 0.3) is 5.91 Å². The summed E-state index contributed by atoms with van der Waals surface area (Å²) in [5, 5.41) is 25.4. The lowest BCUT2D eigenvalue weighted by atomic mass is 9.94. The first-order chi connectivity index (χ1) is 20.4. The topological polar surface area (TPSA) is 124 Å². The van der Waals surface area contributed by atoms with Crippen LogP contribution in [0.3, 0.4) is 0 Å². The Kier molecular flexibility index (Phi) is 7.59. The molecule has 0 atom stereocenters. The molecule has 0 spiro atoms. The molecule has 214 valence electrons. The van der Waals surface area contributed by atoms with Crippen LogP contribution in [0.2, 0.25) is 0 Å². The molecule has 0 saturated carbocycles. The molecule has 4 aromatic rings. The fraction of sp³-hybridized carbons (Fsp3) is 0.344. The molecule has 42 heavy (non-hydrogen) atoms. The molecule has 10 heteroatoms. The van der Waals surface area contributed by atoms with E-state index >= 15 is 0 Å². The molecule has 0 radical (unpaired) electrons. The van der Waals surface area contributed by atoms with Gasteiger partial charge in [0.15, 0.2) is 11.5 Å². The molecule has 2 aromatic carbocycles. The van der Waals surface area contributed by atoms with Gasteiger partial charge in [-0.15, -0.1) is 0 Å². The van der Waals surface area contributed by atoms with Crippen molar-refractivity contribution in [3.8, 4) is 6.07 Å². The van der Waals surface area contributed by atoms with Crippen LogP contribution >= 0.6 is 0 Å². The Bertz CT molecular complexity index is 1710. The molecule has 1 amide bonds. The molecule has 3 N–H and O–H groups in total. The second-order valence-corrected chi connectivity index (χ2v) is 11.2. The highest BCUT2D eigenvalue weighted by molar-refractivity contribution is 5.97. The second kappa shape index (κ2) is 11.6. The average molecular weight is 562 g/mol. The maximum atomic E-state index is 13.3. The van der Waals surface area contributed by atoms with Crippen molar-refractivity contribution in [3.63, 3.8) is 0 Å². The largest absolute Gasteiger partial charge is 0.338 e. The van der Waals surface area contributed by atoms with Crippen molar-refractivity contribution in [2.75, 3.05) is 30.3 Å². The number of anilines is 4. The molecule has 2 aliphatic rings. The van der Waals surface area contributed by atoms with E-state index < -0.39 is 0 Å². The van der Waals surface area contributed by atoms with Crippen molar-refractivity contribution in [2.45, 2.75) is 39.7 Å². The van der Waals surface area contributed by atoms with Crippen molar-refractivity contribution in [3.05, 3.63) is 76.5 Å². The summed E-state index contributed by atoms with van der Waals surface area (Å²) < 4.78 is 1.75. The van der Waals surface area contributed by atoms with E-state index in [9.17, 15) is 10.1 Å². The number of hydrogen-bond acceptors (Lipinski definition) is 8. The minimum atomic E-state index is -0.185. The number of nitrogens with zero attached hydrogens (tertiary/aromatic N) is 6. The van der Waals surface area contributed by atoms with E-state index in [0.717, 1.165) is 65.8 Å². The Balaban J connectivity index is 1.19. The lowest BCUT2D eigenvalue weighted by Crippen LogP contribution is -2.37. The zero-order valence-electron chi connectivity index (χ0n) is 24.2. The highest BCUT2D eigenvalue weighted by Gasteiger charge is 2.25. The summed E-state index contributed by atoms with van der Waals surface area (Å²) in [5.74, 6) is 1.26. The Morgan fingerprint density at radius 1 is 1.12 bits per heavy atom. The molecule has 10 nitrogen and oxygen atoms in total. The van der Waals surface area contributed by atoms with E-state index in [0.29, 0.717) is 30.5 Å². The molecule has 6 rings (SSSR count). The zero-order valence-corrected chi connectivity index (χ0v) is 24.2. The highest BCUT2D eigenvalue weighted by atomic mass is 16.2. The number of nitriles is 1. The molecule has 0 aliphatic carbocycles. The van der Waals surface area contributed by atoms with Crippen LogP contribution in [0.15, 0.2) is 54.2 Å². The summed E-state index contributed by atoms with van der Waals surface area (Å²) in [6.45, 7) is 7.04. The van der Waals surface area contributed by atoms with E-state index in [1.165, 1.54) is 5.56 Å². The van der Waals surface area contributed by atoms with Gasteiger partial charge in [0, 0.05) is 37.7 Å². The molecule has 1 saturated heterocycles. The van der Waals surface area contributed by atoms with Crippen molar-refractivity contribution >= 4 is 40.1 Å². The molecular formula is C32H35N9O. The maximum Gasteiger partial charge on any atom is 0.264 e. The van der Waals surface area contributed by atoms with Crippen molar-refractivity contribution in [1.29, 1.82) is 5.26 Å². The lowest BCUT2D eigenvalue weighted by Gasteiger charge is -2.29. The number of fused-ring (bicyclic) bond motifs is 2. The third kappa shape index (κ3) is 5.56. The van der Waals surface area contributed by atoms with Gasteiger partial charge in [-0.2, -0.15) is 15.3 Å². The maximum absolute atomic E-state index is 13.3. The summed E-state index contributed by atoms with van der Waals surface area (Å²) in [6.07, 6.45) is 6.32. The molecule has 4 heterocycles. The van der Waals surface area contributed by atoms with Crippen LogP contribution in [0.1, 0.15) is 35.1 Å². The fourth-order valence-electron chi connectivity index (χ4n) is 5.83. The SMILES string of the molecule is Cc1cccc(C)c1Nc1nn(C)c2nc(Nc3ccc4c(c3)CN(C(=O)/C(C#N)=C/C3CCNCC3)CC4)ncc12. The predicted octanol–water partition coefficient (Wildman–Crippen LogP) is 4.80. The number of piperidine rings is 1. The van der Waals surface area contributed by atoms with Gasteiger partial charge in [-0.25, -0.2) is 9.67 Å². The van der Waals surface area contributed by atoms with Gasteiger partial charge in [0.05, 0.1) is 5.39 Å². The number of nitrogens with one attached hydrogen (secondary N) is 3. The number of aryl methyl sites for hydroxylation is 3. The van der Waals surface area contributed by atoms with Crippen LogP contribution in [0.4, 0.5) is 23.1 Å². The van der Waals surface area contributed by atoms with Crippen LogP contribution in [0.25, 0.3) is 11.0 Å². The van der Waals surface area contributed by atoms with Gasteiger partial charge in [0.1, 0.15) is 11.6 Å². The number of benzene rings is 2. The van der Waals surface area contributed by atoms with E-state index in [-0.39, 0.29) is 17.4 Å². The number of rotatable bonds is 6. The summed E-state index contributed by atoms with van der Waals surface area (Å²) >= 11 is 0. The second-order valence-electron chi connectivity index (χ2n) is 11.2. The lowest BCUT2D eigenvalue weighted by molar-refractivity contribution is -0.127. The number of para-hydroxylation sites is 1. The van der Waals surface area contributed by atoms with Gasteiger partial charge >= 0.3 is 0 Å². The van der Waals surface area contributed by atoms with Gasteiger partial charge in [-0.05, 0) is 86.5 Å². The van der Waals surface area contributed by atoms with Crippen LogP contribution in [-0.4, -0.2) is 50.2 Å². The fourth-order valence-corrected chi connectivity index (χ4v) is 5.83. The number of carbonyl (C=O) groups is 1. The first-order valence-electron chi connectivity index (χ1n) is 14.4. The van der Waals surface area contributed by atoms with Crippen molar-refractivity contribution < 1.29 is 4.79 Å². The van der Waals surface area contributed by atoms with Gasteiger partial charge < -0.3 is 20.9 Å². The quantitative estimate of drug-likeness (QED) is 0.227. The first kappa shape index (κ1) is 27.4. The van der Waals surface area contributed by atoms with Gasteiger partial charge in [-0.3, -0.25) is 4.79 Å². The number of aromatic nitrogens is 4. The third-order valence-corrected chi connectivity index (χ3v) is 8.20. The third-order valence-electron chi connectivity index (χ3n) is 8.20. The van der Waals surface area contributed by atoms with Crippen molar-refractivity contribution in [2.24, 2.45) is 13.0 Å². The zero-order chi connectivity index (χ0) is 29.2. The monoisotopic (exact) mass is 561 g/mol. The van der Waals surface area contributed by atoms with Gasteiger partial charge in [-0.1, -0.05) is 30.3 Å². The number of allylic oxidation sites excluding steroid dienone is 1. The minimum Gasteiger partial charge on any atom is -0.338 e. The number of carbonyl (C=O) groups excluding carboxylic acids is 1. The normalized spacial score (nSPS) is 15.8. The smallest absolute Gasteiger partial charge is 0.264 e. The van der Waals surface area contributed by atoms with Crippen LogP contribution in [0.5, 0.6) is 0 Å². The van der Waals surface area contributed by atoms with Crippen LogP contribution in [-0.2, 0) is 24.8 Å². The standard InChI is InChI=1S/C32H35N9O/c1-20-5-4-6-21(2)28(20)37-29-27-18-35-32(38-30(27)40(3)39-29)36-26-8-7-23-11-14-41(19-25(23)16-26)31(42)24(17-33)15-22-9-12-34-13-10-22/h4-8,15-16,18,22,34H,9-14,19H2,1-3H3,(H,37,39)(H,35,36,38)/b24-15+. The minimum absolute atomic E-state index is 0.185.